The third kappa shape index (κ3) is 26.5. The van der Waals surface area contributed by atoms with Crippen molar-refractivity contribution in [3.05, 3.63) is 117 Å². The van der Waals surface area contributed by atoms with E-state index >= 15 is 4.79 Å². The smallest absolute Gasteiger partial charge is 0.426 e. The number of ether oxygens (including phenoxy) is 3. The summed E-state index contributed by atoms with van der Waals surface area (Å²) in [5.41, 5.74) is 20.4. The van der Waals surface area contributed by atoms with E-state index in [1.165, 1.54) is 27.8 Å². The Morgan fingerprint density at radius 2 is 1.47 bits per heavy atom. The number of likely N-dealkylation sites (N-methyl/N-ethyl adjacent to an activating group) is 1. The quantitative estimate of drug-likeness (QED) is 0.00505. The summed E-state index contributed by atoms with van der Waals surface area (Å²) in [6.07, 6.45) is 8.14. The molecular formula is C89H114N18O26S2. The number of benzene rings is 3. The van der Waals surface area contributed by atoms with E-state index in [0.717, 1.165) is 41.9 Å². The number of hydrogen-bond acceptors (Lipinski definition) is 38. The third-order valence-corrected chi connectivity index (χ3v) is 28.0. The van der Waals surface area contributed by atoms with Crippen LogP contribution < -0.4 is 69.8 Å². The minimum Gasteiger partial charge on any atom is -0.496 e. The lowest BCUT2D eigenvalue weighted by Crippen LogP contribution is -2.82. The molecule has 728 valence electrons. The number of hydrogen-bond donors (Lipinski definition) is 14. The summed E-state index contributed by atoms with van der Waals surface area (Å²) in [6.45, 7) is 12.8. The van der Waals surface area contributed by atoms with Gasteiger partial charge >= 0.3 is 36.9 Å². The number of piperidine rings is 1. The van der Waals surface area contributed by atoms with Crippen LogP contribution in [0.3, 0.4) is 0 Å². The normalized spacial score (nSPS) is 23.8. The Bertz CT molecular complexity index is 5240. The molecule has 0 radical (unpaired) electrons. The van der Waals surface area contributed by atoms with Crippen molar-refractivity contribution in [3.63, 3.8) is 0 Å². The first-order chi connectivity index (χ1) is 64.5. The van der Waals surface area contributed by atoms with Gasteiger partial charge in [0.15, 0.2) is 34.3 Å². The van der Waals surface area contributed by atoms with Gasteiger partial charge in [0.25, 0.3) is 23.8 Å². The number of aromatic amines is 1. The molecule has 1 spiro atoms. The van der Waals surface area contributed by atoms with Crippen LogP contribution >= 0.6 is 21.6 Å². The Hall–Kier alpha value is -13.1. The zero-order chi connectivity index (χ0) is 99.5. The lowest BCUT2D eigenvalue weighted by Gasteiger charge is -2.63. The van der Waals surface area contributed by atoms with Gasteiger partial charge in [0.2, 0.25) is 17.8 Å². The molecule has 16 atom stereocenters. The number of aliphatic hydroxyl groups excluding tert-OH is 1. The van der Waals surface area contributed by atoms with Gasteiger partial charge in [-0.2, -0.15) is 52.9 Å². The lowest BCUT2D eigenvalue weighted by atomic mass is 9.47. The number of Topliss-reactive ketones (excluding diaryl/α,β-unsaturated/α-hetero) is 3. The number of carbonyl (C=O) groups excluding carboxylic acids is 19. The molecule has 5 aromatic rings. The Labute approximate surface area is 783 Å². The number of nitrogen functional groups attached to an aromatic ring is 1. The molecular weight excluding hydrogens is 1800 g/mol. The van der Waals surface area contributed by atoms with E-state index in [9.17, 15) is 58.5 Å². The molecule has 2 bridgehead atoms. The monoisotopic (exact) mass is 1910 g/mol. The Morgan fingerprint density at radius 1 is 0.793 bits per heavy atom. The van der Waals surface area contributed by atoms with Crippen molar-refractivity contribution < 1.29 is 121 Å². The van der Waals surface area contributed by atoms with Crippen molar-refractivity contribution in [1.29, 1.82) is 0 Å². The fraction of sp³-hybridized carbons (Fsp3) is 0.539. The summed E-state index contributed by atoms with van der Waals surface area (Å²) in [7, 11) is 6.25. The van der Waals surface area contributed by atoms with Crippen LogP contribution in [0.5, 0.6) is 5.75 Å². The fourth-order valence-electron chi connectivity index (χ4n) is 19.9. The molecule has 135 heavy (non-hydrogen) atoms. The largest absolute Gasteiger partial charge is 0.496 e. The van der Waals surface area contributed by atoms with Gasteiger partial charge in [0, 0.05) is 152 Å². The molecule has 5 amide bonds. The number of nitrogens with one attached hydrogen (secondary N) is 8. The number of rotatable bonds is 38. The molecule has 7 aliphatic rings. The number of aliphatic hydroxyl groups is 3. The summed E-state index contributed by atoms with van der Waals surface area (Å²) in [5.74, 6) is -4.06. The molecule has 4 fully saturated rings. The van der Waals surface area contributed by atoms with Crippen LogP contribution in [0.15, 0.2) is 88.8 Å². The first-order valence-electron chi connectivity index (χ1n) is 43.5. The van der Waals surface area contributed by atoms with Crippen LogP contribution in [-0.2, 0) is 108 Å². The number of hydrazine groups is 1. The Morgan fingerprint density at radius 3 is 2.13 bits per heavy atom. The first-order valence-corrected chi connectivity index (χ1v) is 46.0. The van der Waals surface area contributed by atoms with E-state index in [-0.39, 0.29) is 154 Å². The minimum absolute atomic E-state index is 0.0175. The van der Waals surface area contributed by atoms with Crippen molar-refractivity contribution in [2.24, 2.45) is 39.6 Å². The topological polar surface area (TPSA) is 669 Å². The van der Waals surface area contributed by atoms with Gasteiger partial charge in [-0.1, -0.05) is 79.6 Å². The average molecular weight is 1920 g/mol. The maximum Gasteiger partial charge on any atom is 0.426 e. The lowest BCUT2D eigenvalue weighted by molar-refractivity contribution is -0.204. The van der Waals surface area contributed by atoms with Crippen LogP contribution in [0.4, 0.5) is 27.8 Å². The molecule has 12 rings (SSSR count). The van der Waals surface area contributed by atoms with Gasteiger partial charge in [0.1, 0.15) is 30.9 Å². The number of aliphatic imine (C=N–C) groups is 1. The molecule has 1 saturated carbocycles. The number of ketones is 3. The maximum atomic E-state index is 15.3. The van der Waals surface area contributed by atoms with Crippen LogP contribution in [0.25, 0.3) is 11.2 Å². The highest BCUT2D eigenvalue weighted by Gasteiger charge is 2.79. The molecule has 46 heteroatoms. The third-order valence-electron chi connectivity index (χ3n) is 25.6. The first kappa shape index (κ1) is 109. The van der Waals surface area contributed by atoms with Gasteiger partial charge in [0.05, 0.1) is 54.7 Å². The maximum absolute atomic E-state index is 15.3. The van der Waals surface area contributed by atoms with Gasteiger partial charge in [-0.15, -0.1) is 0 Å². The number of nitrogens with zero attached hydrogens (tertiary/aromatic N) is 7. The number of aromatic nitrogens is 4. The van der Waals surface area contributed by atoms with E-state index in [1.54, 1.807) is 52.1 Å². The van der Waals surface area contributed by atoms with Gasteiger partial charge in [-0.3, -0.25) is 63.5 Å². The number of nitrogens with two attached hydrogens (primary N) is 3. The molecule has 44 nitrogen and oxygen atoms in total. The van der Waals surface area contributed by atoms with Gasteiger partial charge in [-0.25, -0.2) is 20.2 Å². The molecule has 6 aliphatic heterocycles. The molecule has 4 unspecified atom stereocenters. The highest BCUT2D eigenvalue weighted by atomic mass is 33.1. The van der Waals surface area contributed by atoms with E-state index < -0.39 is 105 Å². The highest BCUT2D eigenvalue weighted by Crippen LogP contribution is 2.68. The summed E-state index contributed by atoms with van der Waals surface area (Å²) >= 11 is 0. The van der Waals surface area contributed by atoms with Crippen molar-refractivity contribution in [2.45, 2.75) is 195 Å². The number of carbonyl (C=O) groups is 9. The van der Waals surface area contributed by atoms with Crippen molar-refractivity contribution in [1.82, 2.24) is 56.5 Å². The molecule has 3 aromatic carbocycles. The second-order valence-corrected chi connectivity index (χ2v) is 36.4. The second kappa shape index (κ2) is 51.4. The summed E-state index contributed by atoms with van der Waals surface area (Å²) < 4.78 is 18.1. The fourth-order valence-corrected chi connectivity index (χ4v) is 21.8. The number of para-hydroxylation sites is 1. The highest BCUT2D eigenvalue weighted by molar-refractivity contribution is 8.76. The summed E-state index contributed by atoms with van der Waals surface area (Å²) in [4.78, 5) is 241. The zero-order valence-electron chi connectivity index (χ0n) is 75.7. The van der Waals surface area contributed by atoms with E-state index in [0.29, 0.717) is 117 Å². The number of fused-ring (bicyclic) bond motifs is 7. The predicted molar refractivity (Wildman–Crippen MR) is 481 cm³/mol. The average Bonchev–Trinajstić information content (AvgIpc) is 1.48. The Balaban J connectivity index is 0.00000155. The number of H-pyrrole nitrogens is 1. The van der Waals surface area contributed by atoms with E-state index in [2.05, 4.69) is 90.4 Å². The van der Waals surface area contributed by atoms with Crippen molar-refractivity contribution >= 4 is 146 Å². The van der Waals surface area contributed by atoms with Crippen LogP contribution in [0, 0.1) is 23.2 Å². The SMILES string of the molecule is CCC1(O)C[C@H]2CN(CCC3c4ccccc4NC3[C@@](COC=O)(c3cc4c(cc3OC)N(C)[C@H]3[C@](O)(C(=O)NNC(=O)OCCSSCCCC(=O)[C@H](C)NC(=O)[C@H](C)CC(=O)[C@H](CCCN=C(N)N)NC(=O)[C@H](C)CC(=O)CCCNC(=O)c5ccc(NCc6cnc7nc(N)[nH]c(=O)c7n6)cc5)[C@H](O)[C@]5(CC)C=CCN6CC[C@]43[C@@H]65)C2)C1.O=C=O.O=C=O.O=C=O.O=C=O.O=C=O. The molecule has 8 heterocycles. The molecule has 17 N–H and O–H groups in total. The number of guanidine groups is 1. The van der Waals surface area contributed by atoms with Crippen molar-refractivity contribution in [3.8, 4) is 5.75 Å². The number of anilines is 4. The summed E-state index contributed by atoms with van der Waals surface area (Å²) in [6, 6.07) is 15.3. The van der Waals surface area contributed by atoms with Crippen LogP contribution in [0.1, 0.15) is 163 Å². The number of methoxy groups -OCH3 is 1. The molecule has 3 saturated heterocycles. The molecule has 2 aromatic heterocycles. The van der Waals surface area contributed by atoms with Gasteiger partial charge < -0.3 is 83.1 Å². The van der Waals surface area contributed by atoms with Gasteiger partial charge in [-0.05, 0) is 138 Å². The molecule has 1 aliphatic carbocycles. The zero-order valence-corrected chi connectivity index (χ0v) is 77.3. The Kier molecular flexibility index (Phi) is 41.5. The number of amides is 5. The summed E-state index contributed by atoms with van der Waals surface area (Å²) in [5, 5.41) is 54.3. The second-order valence-electron chi connectivity index (χ2n) is 33.7. The van der Waals surface area contributed by atoms with E-state index in [4.69, 9.17) is 79.4 Å². The van der Waals surface area contributed by atoms with Crippen LogP contribution in [0.2, 0.25) is 0 Å². The van der Waals surface area contributed by atoms with E-state index in [1.807, 2.05) is 56.1 Å². The van der Waals surface area contributed by atoms with Crippen LogP contribution in [-0.4, -0.2) is 268 Å². The minimum atomic E-state index is -2.58. The predicted octanol–water partition coefficient (Wildman–Crippen LogP) is 1.38. The van der Waals surface area contributed by atoms with Crippen molar-refractivity contribution in [2.75, 3.05) is 106 Å². The standard InChI is InChI=1S/C84H114N18O16S2.5CO2/c1-8-80(114)40-51-41-82(46-117-47-103,67-57(25-31-101(44-51)45-80)56-17-10-11-18-60(56)94-67)59-38-58-62(39-65(59)116-7)100(6)74-83(58)27-32-102-30-15-26-81(9-2,73(83)102)75(111)84(74,115)76(112)98-99-79(113)118-33-35-120-119-34-14-20-63(105)50(5)92-69(107)49(4)37-64(106)61(19-13-29-89-77(85)86)95-70(108)48(3)36-55(104)16-12-28-88-71(109)52-21-23-53(24-22-52)90-42-54-43-91-68-66(93-54)72(110)97-78(87)96-68;5*2-1-3/h10-11,15,17-18,21-24,26,38-39,43,47-51,57,61,67,73-75,90,94,111,114-115H,8-9,12-14,16,19-20,25,27-37,40-42,44-46H2,1-7H3,(H,88,109)(H,92,107)(H,95,108)(H,98,112)(H,99,113)(H4,85,86,89)(H3,87,91,96,97,110);;;;;/t48-,49-,50+,51-,57?,61+,67?,73+,74-,75-,80?,81-,82+,83-,84-;;;;;/m1...../s1.